The fourth-order valence-electron chi connectivity index (χ4n) is 2.72. The van der Waals surface area contributed by atoms with Gasteiger partial charge in [-0.3, -0.25) is 15.3 Å². The molecule has 0 radical (unpaired) electrons. The topological polar surface area (TPSA) is 147 Å². The van der Waals surface area contributed by atoms with Crippen LogP contribution in [0.2, 0.25) is 0 Å². The number of nitrogens with one attached hydrogen (secondary N) is 1. The molecule has 0 saturated heterocycles. The fraction of sp³-hybridized carbons (Fsp3) is 0.176. The summed E-state index contributed by atoms with van der Waals surface area (Å²) >= 11 is 3.32. The van der Waals surface area contributed by atoms with Crippen LogP contribution in [0.3, 0.4) is 0 Å². The van der Waals surface area contributed by atoms with Crippen LogP contribution in [-0.2, 0) is 4.57 Å². The van der Waals surface area contributed by atoms with Gasteiger partial charge in [-0.15, -0.1) is 0 Å². The van der Waals surface area contributed by atoms with Crippen molar-refractivity contribution in [3.8, 4) is 11.8 Å². The van der Waals surface area contributed by atoms with Crippen LogP contribution in [0, 0.1) is 0 Å². The predicted molar refractivity (Wildman–Crippen MR) is 94.5 cm³/mol. The van der Waals surface area contributed by atoms with Crippen molar-refractivity contribution in [2.24, 2.45) is 0 Å². The Morgan fingerprint density at radius 2 is 1.48 bits per heavy atom. The molecule has 2 unspecified atom stereocenters. The zero-order chi connectivity index (χ0) is 19.8. The summed E-state index contributed by atoms with van der Waals surface area (Å²) in [4.78, 5) is 31.1. The summed E-state index contributed by atoms with van der Waals surface area (Å²) < 4.78 is 12.8. The normalized spacial score (nSPS) is 12.4. The molecule has 2 aromatic carbocycles. The summed E-state index contributed by atoms with van der Waals surface area (Å²) in [7, 11) is -5.18. The van der Waals surface area contributed by atoms with Crippen molar-refractivity contribution < 1.29 is 143 Å². The second-order valence-corrected chi connectivity index (χ2v) is 8.44. The minimum atomic E-state index is -5.18. The van der Waals surface area contributed by atoms with Crippen molar-refractivity contribution in [1.29, 1.82) is 0 Å². The van der Waals surface area contributed by atoms with E-state index in [0.29, 0.717) is 0 Å². The minimum Gasteiger partial charge on any atom is -0.858 e. The van der Waals surface area contributed by atoms with Gasteiger partial charge < -0.3 is 24.6 Å². The van der Waals surface area contributed by atoms with Crippen molar-refractivity contribution in [2.75, 3.05) is 0 Å². The number of nitrogens with zero attached hydrogens (tertiary/aromatic N) is 2. The Hall–Kier alpha value is 1.97. The van der Waals surface area contributed by atoms with Crippen LogP contribution in [0.15, 0.2) is 46.9 Å². The smallest absolute Gasteiger partial charge is 0.858 e. The van der Waals surface area contributed by atoms with Gasteiger partial charge in [-0.2, -0.15) is 0 Å². The second kappa shape index (κ2) is 15.2. The van der Waals surface area contributed by atoms with Crippen LogP contribution >= 0.6 is 23.5 Å². The third kappa shape index (κ3) is 9.17. The van der Waals surface area contributed by atoms with Gasteiger partial charge in [0.05, 0.1) is 16.8 Å². The zero-order valence-corrected chi connectivity index (χ0v) is 28.4. The van der Waals surface area contributed by atoms with E-state index in [4.69, 9.17) is 0 Å². The molecule has 0 bridgehead atoms. The van der Waals surface area contributed by atoms with Gasteiger partial charge in [0.1, 0.15) is 0 Å². The molecule has 31 heavy (non-hydrogen) atoms. The number of para-hydroxylation sites is 1. The van der Waals surface area contributed by atoms with Crippen molar-refractivity contribution in [2.45, 2.75) is 18.7 Å². The van der Waals surface area contributed by atoms with E-state index in [1.807, 2.05) is 0 Å². The molecule has 142 valence electrons. The van der Waals surface area contributed by atoms with E-state index in [1.165, 1.54) is 18.2 Å². The van der Waals surface area contributed by atoms with Crippen LogP contribution in [0.5, 0.6) is 11.8 Å². The summed E-state index contributed by atoms with van der Waals surface area (Å²) in [5.74, 6) is -3.80. The molecule has 0 aliphatic rings. The Labute approximate surface area is 276 Å². The van der Waals surface area contributed by atoms with Gasteiger partial charge in [0.25, 0.3) is 0 Å². The summed E-state index contributed by atoms with van der Waals surface area (Å²) in [5.41, 5.74) is 0.701. The average molecular weight is 542 g/mol. The van der Waals surface area contributed by atoms with E-state index in [0.717, 1.165) is 10.0 Å². The monoisotopic (exact) mass is 541 g/mol. The van der Waals surface area contributed by atoms with Crippen LogP contribution < -0.4 is 144 Å². The molecule has 0 amide bonds. The minimum absolute atomic E-state index is 0. The Morgan fingerprint density at radius 1 is 0.935 bits per heavy atom. The standard InChI is InChI=1S/C17H17BrN3O5P.4Na/c1-9(10-5-7-11(18)8-6-10)19-17(27(24,25)26)12-3-2-4-13-14(12)21-16(23)15(22)20-13;;;;/h2-9,17,19H,1H3,(H,20,22)(H,21,23)(H2,24,25,26);;;;/q;4*+1/p-4. The van der Waals surface area contributed by atoms with Gasteiger partial charge in [-0.1, -0.05) is 40.2 Å². The molecule has 0 aliphatic heterocycles. The maximum Gasteiger partial charge on any atom is 1.00 e. The molecular weight excluding hydrogens is 529 g/mol. The summed E-state index contributed by atoms with van der Waals surface area (Å²) in [6.45, 7) is 1.71. The number of fused-ring (bicyclic) bond motifs is 1. The van der Waals surface area contributed by atoms with Crippen molar-refractivity contribution in [3.63, 3.8) is 0 Å². The number of aromatic nitrogens is 2. The quantitative estimate of drug-likeness (QED) is 0.247. The second-order valence-electron chi connectivity index (χ2n) is 5.93. The van der Waals surface area contributed by atoms with Gasteiger partial charge >= 0.3 is 118 Å². The summed E-state index contributed by atoms with van der Waals surface area (Å²) in [6.07, 6.45) is 0. The first-order chi connectivity index (χ1) is 12.7. The molecule has 3 aromatic rings. The molecule has 14 heteroatoms. The van der Waals surface area contributed by atoms with Gasteiger partial charge in [0.15, 0.2) is 0 Å². The van der Waals surface area contributed by atoms with Gasteiger partial charge in [0.2, 0.25) is 0 Å². The van der Waals surface area contributed by atoms with E-state index >= 15 is 0 Å². The molecule has 3 rings (SSSR count). The maximum absolute atomic E-state index is 12.0. The van der Waals surface area contributed by atoms with Gasteiger partial charge in [-0.25, -0.2) is 0 Å². The van der Waals surface area contributed by atoms with Gasteiger partial charge in [0, 0.05) is 16.1 Å². The largest absolute Gasteiger partial charge is 1.00 e. The molecule has 1 aromatic heterocycles. The van der Waals surface area contributed by atoms with Crippen LogP contribution in [0.4, 0.5) is 0 Å². The Bertz CT molecular complexity index is 1040. The van der Waals surface area contributed by atoms with E-state index in [9.17, 15) is 24.6 Å². The van der Waals surface area contributed by atoms with Crippen molar-refractivity contribution in [3.05, 3.63) is 58.1 Å². The van der Waals surface area contributed by atoms with E-state index < -0.39 is 31.2 Å². The van der Waals surface area contributed by atoms with Crippen molar-refractivity contribution in [1.82, 2.24) is 15.3 Å². The van der Waals surface area contributed by atoms with Gasteiger partial charge in [-0.05, 0) is 50.0 Å². The van der Waals surface area contributed by atoms with E-state index in [2.05, 4.69) is 31.2 Å². The van der Waals surface area contributed by atoms with Crippen LogP contribution in [-0.4, -0.2) is 9.97 Å². The third-order valence-corrected chi connectivity index (χ3v) is 5.64. The predicted octanol–water partition coefficient (Wildman–Crippen LogP) is -11.2. The molecule has 1 heterocycles. The summed E-state index contributed by atoms with van der Waals surface area (Å²) in [6, 6.07) is 10.9. The Morgan fingerprint density at radius 3 is 2.03 bits per heavy atom. The first-order valence-corrected chi connectivity index (χ1v) is 10.2. The Kier molecular flexibility index (Phi) is 17.2. The third-order valence-electron chi connectivity index (χ3n) is 4.05. The first kappa shape index (κ1) is 35.1. The van der Waals surface area contributed by atoms with Crippen LogP contribution in [0.1, 0.15) is 29.9 Å². The number of hydrogen-bond donors (Lipinski definition) is 1. The molecule has 1 N–H and O–H groups in total. The molecule has 2 atom stereocenters. The molecule has 8 nitrogen and oxygen atoms in total. The fourth-order valence-corrected chi connectivity index (χ4v) is 3.94. The van der Waals surface area contributed by atoms with Crippen LogP contribution in [0.25, 0.3) is 11.0 Å². The van der Waals surface area contributed by atoms with Crippen molar-refractivity contribution >= 4 is 34.6 Å². The molecule has 0 saturated carbocycles. The number of rotatable bonds is 5. The molecular formula is C17H13BrN3Na4O5P. The SMILES string of the molecule is CC(NC(c1cccc2nc([O-])c([O-])nc12)P(=O)([O-])[O-])c1ccc(Br)cc1.[Na+].[Na+].[Na+].[Na+]. The van der Waals surface area contributed by atoms with E-state index in [1.54, 1.807) is 31.2 Å². The molecule has 0 fully saturated rings. The molecule has 0 aliphatic carbocycles. The van der Waals surface area contributed by atoms with E-state index in [-0.39, 0.29) is 135 Å². The maximum atomic E-state index is 12.0. The zero-order valence-electron chi connectivity index (χ0n) is 18.0. The number of hydrogen-bond acceptors (Lipinski definition) is 8. The summed E-state index contributed by atoms with van der Waals surface area (Å²) in [5, 5.41) is 25.8. The molecule has 0 spiro atoms. The Balaban J connectivity index is 0. The first-order valence-electron chi connectivity index (χ1n) is 7.85. The number of benzene rings is 2. The number of halogens is 1. The average Bonchev–Trinajstić information content (AvgIpc) is 2.60.